The zero-order chi connectivity index (χ0) is 12.3. The fourth-order valence-electron chi connectivity index (χ4n) is 1.35. The van der Waals surface area contributed by atoms with E-state index in [0.29, 0.717) is 17.3 Å². The highest BCUT2D eigenvalue weighted by atomic mass is 35.5. The highest BCUT2D eigenvalue weighted by Gasteiger charge is 2.13. The predicted octanol–water partition coefficient (Wildman–Crippen LogP) is 1.31. The molecular weight excluding hydrogens is 242 g/mol. The summed E-state index contributed by atoms with van der Waals surface area (Å²) in [6, 6.07) is 6.77. The summed E-state index contributed by atoms with van der Waals surface area (Å²) in [4.78, 5) is 4.10. The second-order valence-electron chi connectivity index (χ2n) is 3.64. The van der Waals surface area contributed by atoms with Gasteiger partial charge in [0.25, 0.3) is 0 Å². The van der Waals surface area contributed by atoms with E-state index in [9.17, 15) is 0 Å². The van der Waals surface area contributed by atoms with Gasteiger partial charge in [0.2, 0.25) is 5.89 Å². The minimum atomic E-state index is -0.624. The first-order chi connectivity index (χ1) is 8.19. The van der Waals surface area contributed by atoms with Crippen LogP contribution in [0.1, 0.15) is 23.3 Å². The molecule has 6 heteroatoms. The number of hydrogen-bond donors (Lipinski definition) is 2. The molecule has 0 aliphatic heterocycles. The second kappa shape index (κ2) is 5.27. The van der Waals surface area contributed by atoms with Crippen molar-refractivity contribution in [2.75, 3.05) is 6.61 Å². The topological polar surface area (TPSA) is 85.2 Å². The molecule has 0 radical (unpaired) electrons. The summed E-state index contributed by atoms with van der Waals surface area (Å²) in [6.45, 7) is -0.220. The summed E-state index contributed by atoms with van der Waals surface area (Å²) in [5, 5.41) is 13.3. The molecule has 3 N–H and O–H groups in total. The van der Waals surface area contributed by atoms with Crippen LogP contribution < -0.4 is 5.73 Å². The standard InChI is InChI=1S/C11H12ClN3O2/c12-8-3-1-7(2-4-8)5-10-14-11(17-15-10)9(13)6-16/h1-4,9,16H,5-6,13H2. The largest absolute Gasteiger partial charge is 0.394 e. The van der Waals surface area contributed by atoms with Crippen LogP contribution in [-0.4, -0.2) is 21.9 Å². The number of benzene rings is 1. The molecule has 0 fully saturated rings. The molecule has 0 saturated carbocycles. The molecule has 0 bridgehead atoms. The van der Waals surface area contributed by atoms with E-state index in [1.807, 2.05) is 12.1 Å². The number of aliphatic hydroxyl groups is 1. The number of halogens is 1. The maximum atomic E-state index is 8.85. The summed E-state index contributed by atoms with van der Waals surface area (Å²) in [7, 11) is 0. The molecular formula is C11H12ClN3O2. The number of nitrogens with two attached hydrogens (primary N) is 1. The van der Waals surface area contributed by atoms with Gasteiger partial charge in [0, 0.05) is 11.4 Å². The van der Waals surface area contributed by atoms with Crippen molar-refractivity contribution in [2.45, 2.75) is 12.5 Å². The van der Waals surface area contributed by atoms with Crippen molar-refractivity contribution in [3.63, 3.8) is 0 Å². The molecule has 17 heavy (non-hydrogen) atoms. The van der Waals surface area contributed by atoms with Gasteiger partial charge < -0.3 is 15.4 Å². The van der Waals surface area contributed by atoms with E-state index in [2.05, 4.69) is 10.1 Å². The van der Waals surface area contributed by atoms with Crippen molar-refractivity contribution in [3.05, 3.63) is 46.6 Å². The predicted molar refractivity (Wildman–Crippen MR) is 62.6 cm³/mol. The van der Waals surface area contributed by atoms with Crippen molar-refractivity contribution < 1.29 is 9.63 Å². The molecule has 2 rings (SSSR count). The Morgan fingerprint density at radius 1 is 1.35 bits per heavy atom. The van der Waals surface area contributed by atoms with Crippen molar-refractivity contribution in [3.8, 4) is 0 Å². The maximum Gasteiger partial charge on any atom is 0.245 e. The minimum absolute atomic E-state index is 0.220. The molecule has 1 unspecified atom stereocenters. The van der Waals surface area contributed by atoms with E-state index in [1.54, 1.807) is 12.1 Å². The Kier molecular flexibility index (Phi) is 3.73. The third kappa shape index (κ3) is 3.03. The number of hydrogen-bond acceptors (Lipinski definition) is 5. The lowest BCUT2D eigenvalue weighted by Crippen LogP contribution is -2.14. The highest BCUT2D eigenvalue weighted by molar-refractivity contribution is 6.30. The normalized spacial score (nSPS) is 12.6. The Bertz CT molecular complexity index is 484. The first-order valence-corrected chi connectivity index (χ1v) is 5.50. The number of rotatable bonds is 4. The average Bonchev–Trinajstić information content (AvgIpc) is 2.80. The van der Waals surface area contributed by atoms with Gasteiger partial charge in [-0.3, -0.25) is 0 Å². The van der Waals surface area contributed by atoms with Crippen LogP contribution in [0.3, 0.4) is 0 Å². The van der Waals surface area contributed by atoms with Gasteiger partial charge in [0.15, 0.2) is 5.82 Å². The summed E-state index contributed by atoms with van der Waals surface area (Å²) in [5.74, 6) is 0.780. The molecule has 0 aliphatic rings. The molecule has 0 aliphatic carbocycles. The smallest absolute Gasteiger partial charge is 0.245 e. The minimum Gasteiger partial charge on any atom is -0.394 e. The van der Waals surface area contributed by atoms with Crippen molar-refractivity contribution in [2.24, 2.45) is 5.73 Å². The molecule has 90 valence electrons. The Labute approximate surface area is 103 Å². The fourth-order valence-corrected chi connectivity index (χ4v) is 1.48. The van der Waals surface area contributed by atoms with Crippen LogP contribution in [0.5, 0.6) is 0 Å². The molecule has 0 amide bonds. The Morgan fingerprint density at radius 2 is 2.06 bits per heavy atom. The lowest BCUT2D eigenvalue weighted by atomic mass is 10.1. The van der Waals surface area contributed by atoms with Gasteiger partial charge in [-0.2, -0.15) is 4.98 Å². The first-order valence-electron chi connectivity index (χ1n) is 5.12. The third-order valence-corrected chi connectivity index (χ3v) is 2.53. The molecule has 0 saturated heterocycles. The van der Waals surface area contributed by atoms with E-state index in [1.165, 1.54) is 0 Å². The molecule has 2 aromatic rings. The van der Waals surface area contributed by atoms with Crippen LogP contribution in [0, 0.1) is 0 Å². The van der Waals surface area contributed by atoms with Crippen LogP contribution in [0.25, 0.3) is 0 Å². The van der Waals surface area contributed by atoms with Crippen LogP contribution in [0.4, 0.5) is 0 Å². The van der Waals surface area contributed by atoms with Gasteiger partial charge in [0.05, 0.1) is 6.61 Å². The number of nitrogens with zero attached hydrogens (tertiary/aromatic N) is 2. The first kappa shape index (κ1) is 12.0. The summed E-state index contributed by atoms with van der Waals surface area (Å²) in [5.41, 5.74) is 6.58. The second-order valence-corrected chi connectivity index (χ2v) is 4.08. The van der Waals surface area contributed by atoms with Gasteiger partial charge >= 0.3 is 0 Å². The fraction of sp³-hybridized carbons (Fsp3) is 0.273. The molecule has 1 aromatic heterocycles. The van der Waals surface area contributed by atoms with Crippen LogP contribution in [0.15, 0.2) is 28.8 Å². The quantitative estimate of drug-likeness (QED) is 0.858. The van der Waals surface area contributed by atoms with E-state index in [4.69, 9.17) is 27.0 Å². The zero-order valence-corrected chi connectivity index (χ0v) is 9.76. The average molecular weight is 254 g/mol. The zero-order valence-electron chi connectivity index (χ0n) is 9.01. The van der Waals surface area contributed by atoms with Gasteiger partial charge in [-0.25, -0.2) is 0 Å². The maximum absolute atomic E-state index is 8.85. The van der Waals surface area contributed by atoms with Crippen LogP contribution in [0.2, 0.25) is 5.02 Å². The summed E-state index contributed by atoms with van der Waals surface area (Å²) >= 11 is 5.79. The van der Waals surface area contributed by atoms with Crippen LogP contribution in [-0.2, 0) is 6.42 Å². The van der Waals surface area contributed by atoms with E-state index in [0.717, 1.165) is 5.56 Å². The van der Waals surface area contributed by atoms with E-state index < -0.39 is 6.04 Å². The summed E-state index contributed by atoms with van der Waals surface area (Å²) in [6.07, 6.45) is 0.540. The van der Waals surface area contributed by atoms with E-state index >= 15 is 0 Å². The van der Waals surface area contributed by atoms with Crippen molar-refractivity contribution >= 4 is 11.6 Å². The Hall–Kier alpha value is -1.43. The Morgan fingerprint density at radius 3 is 2.71 bits per heavy atom. The Balaban J connectivity index is 2.08. The van der Waals surface area contributed by atoms with Crippen molar-refractivity contribution in [1.82, 2.24) is 10.1 Å². The third-order valence-electron chi connectivity index (χ3n) is 2.27. The summed E-state index contributed by atoms with van der Waals surface area (Å²) < 4.78 is 4.94. The van der Waals surface area contributed by atoms with Gasteiger partial charge in [-0.05, 0) is 17.7 Å². The van der Waals surface area contributed by atoms with Gasteiger partial charge in [-0.15, -0.1) is 0 Å². The monoisotopic (exact) mass is 253 g/mol. The van der Waals surface area contributed by atoms with Crippen molar-refractivity contribution in [1.29, 1.82) is 0 Å². The molecule has 0 spiro atoms. The van der Waals surface area contributed by atoms with Gasteiger partial charge in [-0.1, -0.05) is 28.9 Å². The van der Waals surface area contributed by atoms with E-state index in [-0.39, 0.29) is 12.5 Å². The number of aromatic nitrogens is 2. The molecule has 1 atom stereocenters. The highest BCUT2D eigenvalue weighted by Crippen LogP contribution is 2.13. The molecule has 1 heterocycles. The van der Waals surface area contributed by atoms with Crippen LogP contribution >= 0.6 is 11.6 Å². The number of aliphatic hydroxyl groups excluding tert-OH is 1. The lowest BCUT2D eigenvalue weighted by molar-refractivity contribution is 0.236. The van der Waals surface area contributed by atoms with Gasteiger partial charge in [0.1, 0.15) is 6.04 Å². The SMILES string of the molecule is NC(CO)c1nc(Cc2ccc(Cl)cc2)no1. The lowest BCUT2D eigenvalue weighted by Gasteiger charge is -1.98. The molecule has 1 aromatic carbocycles. The molecule has 5 nitrogen and oxygen atoms in total.